The van der Waals surface area contributed by atoms with Gasteiger partial charge < -0.3 is 4.42 Å². The third-order valence-corrected chi connectivity index (χ3v) is 4.77. The SMILES string of the molecule is Cc1cc(C2=NNC(=O)[C@@H]3CC23)cc2oc(-c3ccccc3)nc12. The predicted octanol–water partition coefficient (Wildman–Crippen LogP) is 3.27. The first-order valence-corrected chi connectivity index (χ1v) is 8.05. The molecule has 0 bridgehead atoms. The Labute approximate surface area is 138 Å². The molecule has 24 heavy (non-hydrogen) atoms. The third-order valence-electron chi connectivity index (χ3n) is 4.77. The minimum absolute atomic E-state index is 0.0348. The summed E-state index contributed by atoms with van der Waals surface area (Å²) in [4.78, 5) is 16.2. The summed E-state index contributed by atoms with van der Waals surface area (Å²) in [5, 5.41) is 4.27. The van der Waals surface area contributed by atoms with E-state index in [-0.39, 0.29) is 17.7 Å². The van der Waals surface area contributed by atoms with Crippen molar-refractivity contribution < 1.29 is 9.21 Å². The monoisotopic (exact) mass is 317 g/mol. The minimum Gasteiger partial charge on any atom is -0.436 e. The standard InChI is InChI=1S/C19H15N3O2/c1-10-7-12(17-13-9-14(13)18(23)22-21-17)8-15-16(10)20-19(24-15)11-5-3-2-4-6-11/h2-8,13-14H,9H2,1H3,(H,22,23)/t13?,14-/m1/s1. The second-order valence-corrected chi connectivity index (χ2v) is 6.45. The first-order valence-electron chi connectivity index (χ1n) is 8.05. The first kappa shape index (κ1) is 13.5. The highest BCUT2D eigenvalue weighted by Crippen LogP contribution is 2.44. The van der Waals surface area contributed by atoms with E-state index < -0.39 is 0 Å². The Morgan fingerprint density at radius 3 is 2.79 bits per heavy atom. The molecule has 0 saturated heterocycles. The van der Waals surface area contributed by atoms with Gasteiger partial charge in [0.25, 0.3) is 0 Å². The molecule has 1 fully saturated rings. The number of hydrogen-bond donors (Lipinski definition) is 1. The lowest BCUT2D eigenvalue weighted by Gasteiger charge is -2.12. The van der Waals surface area contributed by atoms with Crippen LogP contribution in [0.4, 0.5) is 0 Å². The number of benzene rings is 2. The molecule has 1 unspecified atom stereocenters. The van der Waals surface area contributed by atoms with Gasteiger partial charge in [0.2, 0.25) is 11.8 Å². The molecule has 2 aliphatic rings. The molecule has 0 spiro atoms. The highest BCUT2D eigenvalue weighted by molar-refractivity contribution is 6.10. The summed E-state index contributed by atoms with van der Waals surface area (Å²) in [6.45, 7) is 2.02. The van der Waals surface area contributed by atoms with E-state index in [0.717, 1.165) is 39.9 Å². The van der Waals surface area contributed by atoms with E-state index in [2.05, 4.69) is 21.6 Å². The average Bonchev–Trinajstić information content (AvgIpc) is 3.28. The molecule has 5 heteroatoms. The van der Waals surface area contributed by atoms with Crippen LogP contribution >= 0.6 is 0 Å². The van der Waals surface area contributed by atoms with Crippen LogP contribution in [-0.4, -0.2) is 16.6 Å². The molecule has 2 heterocycles. The molecule has 118 valence electrons. The average molecular weight is 317 g/mol. The van der Waals surface area contributed by atoms with Gasteiger partial charge in [0.15, 0.2) is 5.58 Å². The number of nitrogens with one attached hydrogen (secondary N) is 1. The Morgan fingerprint density at radius 1 is 1.12 bits per heavy atom. The fourth-order valence-corrected chi connectivity index (χ4v) is 3.40. The number of aromatic nitrogens is 1. The summed E-state index contributed by atoms with van der Waals surface area (Å²) in [6, 6.07) is 13.9. The van der Waals surface area contributed by atoms with Crippen molar-refractivity contribution in [2.24, 2.45) is 16.9 Å². The van der Waals surface area contributed by atoms with Crippen LogP contribution in [0.15, 0.2) is 52.0 Å². The lowest BCUT2D eigenvalue weighted by molar-refractivity contribution is -0.122. The van der Waals surface area contributed by atoms with Gasteiger partial charge in [-0.05, 0) is 43.2 Å². The van der Waals surface area contributed by atoms with Crippen molar-refractivity contribution in [2.45, 2.75) is 13.3 Å². The number of fused-ring (bicyclic) bond motifs is 2. The van der Waals surface area contributed by atoms with Gasteiger partial charge in [0.05, 0.1) is 5.71 Å². The summed E-state index contributed by atoms with van der Waals surface area (Å²) in [5.74, 6) is 0.983. The number of carbonyl (C=O) groups is 1. The van der Waals surface area contributed by atoms with Crippen molar-refractivity contribution in [3.05, 3.63) is 53.6 Å². The first-order chi connectivity index (χ1) is 11.7. The molecular formula is C19H15N3O2. The maximum Gasteiger partial charge on any atom is 0.243 e. The van der Waals surface area contributed by atoms with Gasteiger partial charge in [0.1, 0.15) is 5.52 Å². The summed E-state index contributed by atoms with van der Waals surface area (Å²) < 4.78 is 5.98. The molecule has 1 aliphatic carbocycles. The fraction of sp³-hybridized carbons (Fsp3) is 0.211. The van der Waals surface area contributed by atoms with Crippen LogP contribution in [0.2, 0.25) is 0 Å². The third kappa shape index (κ3) is 1.98. The van der Waals surface area contributed by atoms with Crippen LogP contribution in [0.1, 0.15) is 17.5 Å². The Bertz CT molecular complexity index is 1000. The van der Waals surface area contributed by atoms with Crippen molar-refractivity contribution in [3.63, 3.8) is 0 Å². The highest BCUT2D eigenvalue weighted by atomic mass is 16.3. The number of amides is 1. The molecule has 1 aromatic heterocycles. The predicted molar refractivity (Wildman–Crippen MR) is 90.5 cm³/mol. The van der Waals surface area contributed by atoms with Crippen LogP contribution < -0.4 is 5.43 Å². The van der Waals surface area contributed by atoms with E-state index in [1.165, 1.54) is 0 Å². The number of rotatable bonds is 2. The highest BCUT2D eigenvalue weighted by Gasteiger charge is 2.49. The molecule has 5 nitrogen and oxygen atoms in total. The van der Waals surface area contributed by atoms with Gasteiger partial charge >= 0.3 is 0 Å². The van der Waals surface area contributed by atoms with E-state index in [1.54, 1.807) is 0 Å². The van der Waals surface area contributed by atoms with Gasteiger partial charge in [-0.15, -0.1) is 0 Å². The Kier molecular flexibility index (Phi) is 2.68. The molecular weight excluding hydrogens is 302 g/mol. The molecule has 1 aliphatic heterocycles. The molecule has 5 rings (SSSR count). The van der Waals surface area contributed by atoms with Crippen LogP contribution in [0.25, 0.3) is 22.6 Å². The van der Waals surface area contributed by atoms with Gasteiger partial charge in [-0.25, -0.2) is 10.4 Å². The van der Waals surface area contributed by atoms with Crippen LogP contribution in [0, 0.1) is 18.8 Å². The number of hydrogen-bond acceptors (Lipinski definition) is 4. The molecule has 3 aromatic rings. The zero-order chi connectivity index (χ0) is 16.3. The van der Waals surface area contributed by atoms with E-state index in [0.29, 0.717) is 5.89 Å². The summed E-state index contributed by atoms with van der Waals surface area (Å²) in [7, 11) is 0. The second-order valence-electron chi connectivity index (χ2n) is 6.45. The smallest absolute Gasteiger partial charge is 0.243 e. The zero-order valence-corrected chi connectivity index (χ0v) is 13.1. The van der Waals surface area contributed by atoms with Gasteiger partial charge in [-0.1, -0.05) is 18.2 Å². The van der Waals surface area contributed by atoms with E-state index in [4.69, 9.17) is 4.42 Å². The van der Waals surface area contributed by atoms with Crippen molar-refractivity contribution in [1.29, 1.82) is 0 Å². The van der Waals surface area contributed by atoms with Crippen LogP contribution in [-0.2, 0) is 4.79 Å². The van der Waals surface area contributed by atoms with E-state index in [1.807, 2.05) is 43.3 Å². The lowest BCUT2D eigenvalue weighted by atomic mass is 10.0. The second kappa shape index (κ2) is 4.77. The number of carbonyl (C=O) groups excluding carboxylic acids is 1. The number of aryl methyl sites for hydroxylation is 1. The summed E-state index contributed by atoms with van der Waals surface area (Å²) >= 11 is 0. The maximum absolute atomic E-state index is 11.6. The molecule has 1 saturated carbocycles. The normalized spacial score (nSPS) is 22.0. The molecule has 2 aromatic carbocycles. The zero-order valence-electron chi connectivity index (χ0n) is 13.1. The van der Waals surface area contributed by atoms with Crippen LogP contribution in [0.3, 0.4) is 0 Å². The largest absolute Gasteiger partial charge is 0.436 e. The van der Waals surface area contributed by atoms with Gasteiger partial charge in [-0.2, -0.15) is 5.10 Å². The Balaban J connectivity index is 1.62. The fourth-order valence-electron chi connectivity index (χ4n) is 3.40. The minimum atomic E-state index is 0.0348. The van der Waals surface area contributed by atoms with Crippen molar-refractivity contribution in [2.75, 3.05) is 0 Å². The van der Waals surface area contributed by atoms with Crippen molar-refractivity contribution in [1.82, 2.24) is 10.4 Å². The maximum atomic E-state index is 11.6. The Hall–Kier alpha value is -2.95. The number of oxazole rings is 1. The van der Waals surface area contributed by atoms with Gasteiger partial charge in [-0.3, -0.25) is 4.79 Å². The van der Waals surface area contributed by atoms with Crippen molar-refractivity contribution in [3.8, 4) is 11.5 Å². The number of nitrogens with zero attached hydrogens (tertiary/aromatic N) is 2. The summed E-state index contributed by atoms with van der Waals surface area (Å²) in [5.41, 5.74) is 8.19. The van der Waals surface area contributed by atoms with Crippen molar-refractivity contribution >= 4 is 22.7 Å². The summed E-state index contributed by atoms with van der Waals surface area (Å²) in [6.07, 6.45) is 0.882. The number of hydrazone groups is 1. The van der Waals surface area contributed by atoms with E-state index in [9.17, 15) is 4.79 Å². The molecule has 1 amide bonds. The molecule has 2 atom stereocenters. The molecule has 0 radical (unpaired) electrons. The molecule has 1 N–H and O–H groups in total. The van der Waals surface area contributed by atoms with Crippen LogP contribution in [0.5, 0.6) is 0 Å². The quantitative estimate of drug-likeness (QED) is 0.789. The Morgan fingerprint density at radius 2 is 1.96 bits per heavy atom. The lowest BCUT2D eigenvalue weighted by Crippen LogP contribution is -2.28. The topological polar surface area (TPSA) is 67.5 Å². The van der Waals surface area contributed by atoms with E-state index >= 15 is 0 Å². The van der Waals surface area contributed by atoms with Gasteiger partial charge in [0, 0.05) is 23.0 Å².